The van der Waals surface area contributed by atoms with Gasteiger partial charge in [-0.3, -0.25) is 9.79 Å². The van der Waals surface area contributed by atoms with E-state index in [1.807, 2.05) is 18.2 Å². The lowest BCUT2D eigenvalue weighted by molar-refractivity contribution is 0.0953. The number of hydrogen-bond donors (Lipinski definition) is 3. The zero-order valence-corrected chi connectivity index (χ0v) is 18.3. The van der Waals surface area contributed by atoms with Crippen LogP contribution in [0.5, 0.6) is 0 Å². The second-order valence-electron chi connectivity index (χ2n) is 5.25. The Hall–Kier alpha value is -0.830. The molecule has 0 atom stereocenters. The summed E-state index contributed by atoms with van der Waals surface area (Å²) in [4.78, 5) is 16.1. The molecule has 0 spiro atoms. The first-order valence-electron chi connectivity index (χ1n) is 8.15. The number of unbranched alkanes of at least 4 members (excludes halogenated alkanes) is 2. The van der Waals surface area contributed by atoms with Gasteiger partial charge in [-0.1, -0.05) is 41.8 Å². The first-order valence-corrected chi connectivity index (χ1v) is 8.95. The van der Waals surface area contributed by atoms with E-state index in [4.69, 9.17) is 0 Å². The fraction of sp³-hybridized carbons (Fsp3) is 0.529. The molecule has 0 saturated heterocycles. The van der Waals surface area contributed by atoms with Gasteiger partial charge < -0.3 is 16.0 Å². The van der Waals surface area contributed by atoms with E-state index >= 15 is 0 Å². The third-order valence-corrected chi connectivity index (χ3v) is 3.81. The molecule has 136 valence electrons. The van der Waals surface area contributed by atoms with E-state index < -0.39 is 0 Å². The Morgan fingerprint density at radius 2 is 1.75 bits per heavy atom. The van der Waals surface area contributed by atoms with Crippen molar-refractivity contribution in [2.45, 2.75) is 32.6 Å². The molecule has 1 aromatic rings. The monoisotopic (exact) mass is 510 g/mol. The summed E-state index contributed by atoms with van der Waals surface area (Å²) >= 11 is 3.37. The van der Waals surface area contributed by atoms with Crippen molar-refractivity contribution in [1.82, 2.24) is 16.0 Å². The molecule has 0 bridgehead atoms. The van der Waals surface area contributed by atoms with E-state index in [-0.39, 0.29) is 29.9 Å². The van der Waals surface area contributed by atoms with Gasteiger partial charge in [-0.15, -0.1) is 24.0 Å². The van der Waals surface area contributed by atoms with Gasteiger partial charge in [0.05, 0.1) is 0 Å². The minimum Gasteiger partial charge on any atom is -0.356 e. The summed E-state index contributed by atoms with van der Waals surface area (Å²) in [6.45, 7) is 4.53. The van der Waals surface area contributed by atoms with Crippen LogP contribution in [0.1, 0.15) is 43.0 Å². The van der Waals surface area contributed by atoms with Crippen molar-refractivity contribution in [3.63, 3.8) is 0 Å². The van der Waals surface area contributed by atoms with Gasteiger partial charge in [0.15, 0.2) is 5.96 Å². The van der Waals surface area contributed by atoms with Crippen molar-refractivity contribution in [3.05, 3.63) is 34.3 Å². The summed E-state index contributed by atoms with van der Waals surface area (Å²) < 4.78 is 0.907. The highest BCUT2D eigenvalue weighted by atomic mass is 127. The van der Waals surface area contributed by atoms with Crippen LogP contribution in [-0.4, -0.2) is 38.5 Å². The number of rotatable bonds is 9. The van der Waals surface area contributed by atoms with Crippen molar-refractivity contribution >= 4 is 51.8 Å². The Balaban J connectivity index is 0.00000529. The van der Waals surface area contributed by atoms with Crippen molar-refractivity contribution in [1.29, 1.82) is 0 Å². The molecule has 0 fully saturated rings. The van der Waals surface area contributed by atoms with E-state index in [9.17, 15) is 4.79 Å². The Morgan fingerprint density at radius 1 is 1.08 bits per heavy atom. The Bertz CT molecular complexity index is 511. The highest BCUT2D eigenvalue weighted by molar-refractivity contribution is 14.0. The molecular weight excluding hydrogens is 483 g/mol. The molecule has 0 radical (unpaired) electrons. The zero-order valence-electron chi connectivity index (χ0n) is 14.4. The van der Waals surface area contributed by atoms with Crippen LogP contribution in [0.4, 0.5) is 0 Å². The minimum atomic E-state index is -0.0478. The molecule has 0 saturated carbocycles. The zero-order chi connectivity index (χ0) is 16.9. The van der Waals surface area contributed by atoms with E-state index in [2.05, 4.69) is 43.8 Å². The topological polar surface area (TPSA) is 65.5 Å². The molecule has 0 aliphatic heterocycles. The molecule has 3 N–H and O–H groups in total. The van der Waals surface area contributed by atoms with Crippen LogP contribution < -0.4 is 16.0 Å². The number of benzene rings is 1. The van der Waals surface area contributed by atoms with Gasteiger partial charge in [0.25, 0.3) is 5.91 Å². The summed E-state index contributed by atoms with van der Waals surface area (Å²) in [5.41, 5.74) is 0.667. The third kappa shape index (κ3) is 10.1. The van der Waals surface area contributed by atoms with Crippen LogP contribution in [0.2, 0.25) is 0 Å². The predicted octanol–water partition coefficient (Wildman–Crippen LogP) is 3.54. The second-order valence-corrected chi connectivity index (χ2v) is 6.17. The molecule has 0 heterocycles. The summed E-state index contributed by atoms with van der Waals surface area (Å²) in [7, 11) is 1.77. The number of nitrogens with zero attached hydrogens (tertiary/aromatic N) is 1. The average Bonchev–Trinajstić information content (AvgIpc) is 2.56. The summed E-state index contributed by atoms with van der Waals surface area (Å²) in [5.74, 6) is 0.771. The Kier molecular flexibility index (Phi) is 14.0. The van der Waals surface area contributed by atoms with E-state index in [0.717, 1.165) is 36.4 Å². The first kappa shape index (κ1) is 23.2. The minimum absolute atomic E-state index is 0. The molecule has 0 aliphatic carbocycles. The summed E-state index contributed by atoms with van der Waals surface area (Å²) in [6, 6.07) is 7.38. The standard InChI is InChI=1S/C17H27BrN4O.HI/c1-3-4-5-10-21-17(19-2)22-12-7-11-20-16(23)14-8-6-9-15(18)13-14;/h6,8-9,13H,3-5,7,10-12H2,1-2H3,(H,20,23)(H2,19,21,22);1H. The number of amides is 1. The summed E-state index contributed by atoms with van der Waals surface area (Å²) in [6.07, 6.45) is 4.44. The van der Waals surface area contributed by atoms with Crippen LogP contribution >= 0.6 is 39.9 Å². The van der Waals surface area contributed by atoms with Gasteiger partial charge in [-0.25, -0.2) is 0 Å². The highest BCUT2D eigenvalue weighted by Crippen LogP contribution is 2.11. The lowest BCUT2D eigenvalue weighted by atomic mass is 10.2. The molecule has 24 heavy (non-hydrogen) atoms. The predicted molar refractivity (Wildman–Crippen MR) is 115 cm³/mol. The quantitative estimate of drug-likeness (QED) is 0.206. The molecule has 0 aliphatic rings. The molecule has 0 aromatic heterocycles. The van der Waals surface area contributed by atoms with Gasteiger partial charge in [0, 0.05) is 36.7 Å². The van der Waals surface area contributed by atoms with Crippen LogP contribution in [0.3, 0.4) is 0 Å². The van der Waals surface area contributed by atoms with Crippen molar-refractivity contribution in [3.8, 4) is 0 Å². The van der Waals surface area contributed by atoms with E-state index in [1.54, 1.807) is 13.1 Å². The molecular formula is C17H28BrIN4O. The summed E-state index contributed by atoms with van der Waals surface area (Å²) in [5, 5.41) is 9.45. The molecule has 1 amide bonds. The van der Waals surface area contributed by atoms with Crippen LogP contribution in [0, 0.1) is 0 Å². The SMILES string of the molecule is CCCCCNC(=NC)NCCCNC(=O)c1cccc(Br)c1.I. The number of aliphatic imine (C=N–C) groups is 1. The number of nitrogens with one attached hydrogen (secondary N) is 3. The Labute approximate surface area is 170 Å². The average molecular weight is 511 g/mol. The van der Waals surface area contributed by atoms with Gasteiger partial charge >= 0.3 is 0 Å². The van der Waals surface area contributed by atoms with E-state index in [1.165, 1.54) is 12.8 Å². The normalized spacial score (nSPS) is 10.7. The van der Waals surface area contributed by atoms with Gasteiger partial charge in [0.2, 0.25) is 0 Å². The maximum Gasteiger partial charge on any atom is 0.251 e. The second kappa shape index (κ2) is 14.5. The Morgan fingerprint density at radius 3 is 2.38 bits per heavy atom. The lowest BCUT2D eigenvalue weighted by Crippen LogP contribution is -2.39. The maximum absolute atomic E-state index is 12.0. The fourth-order valence-corrected chi connectivity index (χ4v) is 2.43. The van der Waals surface area contributed by atoms with Gasteiger partial charge in [0.1, 0.15) is 0 Å². The van der Waals surface area contributed by atoms with Crippen LogP contribution in [0.15, 0.2) is 33.7 Å². The molecule has 1 rings (SSSR count). The maximum atomic E-state index is 12.0. The third-order valence-electron chi connectivity index (χ3n) is 3.31. The molecule has 7 heteroatoms. The van der Waals surface area contributed by atoms with Gasteiger partial charge in [-0.05, 0) is 31.0 Å². The van der Waals surface area contributed by atoms with Crippen molar-refractivity contribution in [2.75, 3.05) is 26.7 Å². The van der Waals surface area contributed by atoms with Crippen molar-refractivity contribution < 1.29 is 4.79 Å². The van der Waals surface area contributed by atoms with E-state index in [0.29, 0.717) is 12.1 Å². The van der Waals surface area contributed by atoms with Crippen LogP contribution in [0.25, 0.3) is 0 Å². The molecule has 0 unspecified atom stereocenters. The van der Waals surface area contributed by atoms with Crippen molar-refractivity contribution in [2.24, 2.45) is 4.99 Å². The van der Waals surface area contributed by atoms with Crippen LogP contribution in [-0.2, 0) is 0 Å². The first-order chi connectivity index (χ1) is 11.2. The molecule has 5 nitrogen and oxygen atoms in total. The lowest BCUT2D eigenvalue weighted by Gasteiger charge is -2.12. The number of carbonyl (C=O) groups is 1. The number of hydrogen-bond acceptors (Lipinski definition) is 2. The highest BCUT2D eigenvalue weighted by Gasteiger charge is 2.04. The largest absolute Gasteiger partial charge is 0.356 e. The smallest absolute Gasteiger partial charge is 0.251 e. The fourth-order valence-electron chi connectivity index (χ4n) is 2.03. The molecule has 1 aromatic carbocycles. The van der Waals surface area contributed by atoms with Gasteiger partial charge in [-0.2, -0.15) is 0 Å². The number of carbonyl (C=O) groups excluding carboxylic acids is 1. The number of halogens is 2. The number of guanidine groups is 1.